The molecular formula is C21H24F3NO2. The van der Waals surface area contributed by atoms with Crippen molar-refractivity contribution >= 4 is 17.2 Å². The van der Waals surface area contributed by atoms with E-state index in [4.69, 9.17) is 4.74 Å². The van der Waals surface area contributed by atoms with Crippen molar-refractivity contribution in [2.75, 3.05) is 0 Å². The second-order valence-corrected chi connectivity index (χ2v) is 8.30. The van der Waals surface area contributed by atoms with Crippen LogP contribution in [0.1, 0.15) is 68.9 Å². The summed E-state index contributed by atoms with van der Waals surface area (Å²) in [7, 11) is 0. The van der Waals surface area contributed by atoms with Crippen LogP contribution in [-0.4, -0.2) is 16.9 Å². The Morgan fingerprint density at radius 3 is 2.30 bits per heavy atom. The van der Waals surface area contributed by atoms with Gasteiger partial charge in [-0.25, -0.2) is 4.98 Å². The molecule has 0 aliphatic heterocycles. The largest absolute Gasteiger partial charge is 0.487 e. The molecule has 1 aromatic heterocycles. The fraction of sp³-hybridized carbons (Fsp3) is 0.524. The van der Waals surface area contributed by atoms with E-state index in [2.05, 4.69) is 25.8 Å². The van der Waals surface area contributed by atoms with E-state index >= 15 is 0 Å². The van der Waals surface area contributed by atoms with Gasteiger partial charge in [0.25, 0.3) is 0 Å². The lowest BCUT2D eigenvalue weighted by Gasteiger charge is -2.47. The van der Waals surface area contributed by atoms with Gasteiger partial charge in [0, 0.05) is 10.8 Å². The number of pyridine rings is 1. The number of ether oxygens (including phenoxy) is 1. The van der Waals surface area contributed by atoms with Crippen LogP contribution in [0.2, 0.25) is 0 Å². The number of fused-ring (bicyclic) bond motifs is 1. The summed E-state index contributed by atoms with van der Waals surface area (Å²) in [6, 6.07) is 5.33. The summed E-state index contributed by atoms with van der Waals surface area (Å²) in [6.45, 7) is 6.33. The van der Waals surface area contributed by atoms with Crippen LogP contribution in [-0.2, 0) is 6.18 Å². The van der Waals surface area contributed by atoms with Crippen molar-refractivity contribution in [2.45, 2.75) is 64.7 Å². The van der Waals surface area contributed by atoms with Gasteiger partial charge >= 0.3 is 6.18 Å². The first kappa shape index (κ1) is 19.6. The van der Waals surface area contributed by atoms with Crippen molar-refractivity contribution in [1.82, 2.24) is 4.98 Å². The summed E-state index contributed by atoms with van der Waals surface area (Å²) in [6.07, 6.45) is 0.743. The molecule has 146 valence electrons. The highest BCUT2D eigenvalue weighted by Crippen LogP contribution is 2.46. The highest BCUT2D eigenvalue weighted by Gasteiger charge is 2.45. The standard InChI is InChI=1S/C21H24F3NO2/c1-19(2,3)20(9-5-4-6-10-20)27-15-7-8-18-16(12-15)17(21(22,23)24)11-14(13-26)25-18/h7-8,11-13H,4-6,9-10H2,1-3H3. The van der Waals surface area contributed by atoms with Gasteiger partial charge in [-0.05, 0) is 49.9 Å². The monoisotopic (exact) mass is 379 g/mol. The summed E-state index contributed by atoms with van der Waals surface area (Å²) in [5.74, 6) is 0.408. The maximum atomic E-state index is 13.5. The number of aromatic nitrogens is 1. The third-order valence-corrected chi connectivity index (χ3v) is 5.57. The van der Waals surface area contributed by atoms with Crippen molar-refractivity contribution in [2.24, 2.45) is 5.41 Å². The van der Waals surface area contributed by atoms with E-state index in [0.717, 1.165) is 38.2 Å². The molecule has 1 fully saturated rings. The average molecular weight is 379 g/mol. The highest BCUT2D eigenvalue weighted by molar-refractivity contribution is 5.88. The quantitative estimate of drug-likeness (QED) is 0.597. The smallest absolute Gasteiger partial charge is 0.417 e. The summed E-state index contributed by atoms with van der Waals surface area (Å²) >= 11 is 0. The van der Waals surface area contributed by atoms with Crippen molar-refractivity contribution in [3.05, 3.63) is 35.5 Å². The number of halogens is 3. The molecule has 1 aliphatic carbocycles. The predicted molar refractivity (Wildman–Crippen MR) is 98.0 cm³/mol. The Morgan fingerprint density at radius 2 is 1.74 bits per heavy atom. The molecule has 1 aliphatic rings. The first-order valence-corrected chi connectivity index (χ1v) is 9.22. The van der Waals surface area contributed by atoms with Gasteiger partial charge in [-0.2, -0.15) is 13.2 Å². The molecule has 0 amide bonds. The molecule has 0 bridgehead atoms. The van der Waals surface area contributed by atoms with Gasteiger partial charge in [0.15, 0.2) is 6.29 Å². The number of carbonyl (C=O) groups excluding carboxylic acids is 1. The van der Waals surface area contributed by atoms with Gasteiger partial charge in [0.1, 0.15) is 17.0 Å². The van der Waals surface area contributed by atoms with Crippen LogP contribution in [0.4, 0.5) is 13.2 Å². The fourth-order valence-corrected chi connectivity index (χ4v) is 3.94. The van der Waals surface area contributed by atoms with Crippen molar-refractivity contribution in [1.29, 1.82) is 0 Å². The van der Waals surface area contributed by atoms with Crippen LogP contribution in [0.3, 0.4) is 0 Å². The summed E-state index contributed by atoms with van der Waals surface area (Å²) < 4.78 is 46.9. The van der Waals surface area contributed by atoms with Crippen LogP contribution < -0.4 is 4.74 Å². The number of rotatable bonds is 3. The molecule has 0 N–H and O–H groups in total. The molecule has 3 nitrogen and oxygen atoms in total. The normalized spacial score (nSPS) is 17.7. The second kappa shape index (κ2) is 6.80. The molecule has 0 spiro atoms. The number of aldehydes is 1. The van der Waals surface area contributed by atoms with E-state index in [1.54, 1.807) is 6.07 Å². The maximum Gasteiger partial charge on any atom is 0.417 e. The number of carbonyl (C=O) groups is 1. The molecule has 0 saturated heterocycles. The molecule has 0 unspecified atom stereocenters. The number of benzene rings is 1. The van der Waals surface area contributed by atoms with E-state index in [1.165, 1.54) is 12.1 Å². The number of nitrogens with zero attached hydrogens (tertiary/aromatic N) is 1. The van der Waals surface area contributed by atoms with Crippen LogP contribution in [0.5, 0.6) is 5.75 Å². The van der Waals surface area contributed by atoms with Gasteiger partial charge in [0.2, 0.25) is 0 Å². The Balaban J connectivity index is 2.09. The van der Waals surface area contributed by atoms with Crippen LogP contribution in [0.25, 0.3) is 10.9 Å². The first-order chi connectivity index (χ1) is 12.6. The molecule has 6 heteroatoms. The van der Waals surface area contributed by atoms with Gasteiger partial charge in [-0.15, -0.1) is 0 Å². The molecule has 0 atom stereocenters. The average Bonchev–Trinajstić information content (AvgIpc) is 2.60. The zero-order valence-electron chi connectivity index (χ0n) is 15.8. The van der Waals surface area contributed by atoms with Crippen molar-refractivity contribution < 1.29 is 22.7 Å². The second-order valence-electron chi connectivity index (χ2n) is 8.30. The third-order valence-electron chi connectivity index (χ3n) is 5.57. The van der Waals surface area contributed by atoms with Crippen LogP contribution >= 0.6 is 0 Å². The van der Waals surface area contributed by atoms with E-state index in [0.29, 0.717) is 12.0 Å². The first-order valence-electron chi connectivity index (χ1n) is 9.22. The van der Waals surface area contributed by atoms with Gasteiger partial charge < -0.3 is 4.74 Å². The fourth-order valence-electron chi connectivity index (χ4n) is 3.94. The molecule has 0 radical (unpaired) electrons. The number of alkyl halides is 3. The Bertz CT molecular complexity index is 847. The minimum absolute atomic E-state index is 0.0505. The van der Waals surface area contributed by atoms with Crippen molar-refractivity contribution in [3.8, 4) is 5.75 Å². The van der Waals surface area contributed by atoms with E-state index in [1.807, 2.05) is 0 Å². The molecule has 27 heavy (non-hydrogen) atoms. The zero-order valence-corrected chi connectivity index (χ0v) is 15.8. The summed E-state index contributed by atoms with van der Waals surface area (Å²) in [5, 5.41) is -0.0505. The molecule has 1 heterocycles. The van der Waals surface area contributed by atoms with Crippen LogP contribution in [0.15, 0.2) is 24.3 Å². The lowest BCUT2D eigenvalue weighted by molar-refractivity contribution is -0.136. The van der Waals surface area contributed by atoms with Gasteiger partial charge in [-0.3, -0.25) is 4.79 Å². The van der Waals surface area contributed by atoms with Crippen molar-refractivity contribution in [3.63, 3.8) is 0 Å². The lowest BCUT2D eigenvalue weighted by Crippen LogP contribution is -2.49. The van der Waals surface area contributed by atoms with Crippen LogP contribution in [0, 0.1) is 5.41 Å². The van der Waals surface area contributed by atoms with Gasteiger partial charge in [0.05, 0.1) is 11.1 Å². The zero-order chi connectivity index (χ0) is 19.9. The summed E-state index contributed by atoms with van der Waals surface area (Å²) in [5.41, 5.74) is -1.52. The topological polar surface area (TPSA) is 39.2 Å². The maximum absolute atomic E-state index is 13.5. The van der Waals surface area contributed by atoms with E-state index in [9.17, 15) is 18.0 Å². The molecular weight excluding hydrogens is 355 g/mol. The molecule has 3 rings (SSSR count). The molecule has 2 aromatic rings. The highest BCUT2D eigenvalue weighted by atomic mass is 19.4. The number of hydrogen-bond acceptors (Lipinski definition) is 3. The Labute approximate surface area is 156 Å². The van der Waals surface area contributed by atoms with E-state index in [-0.39, 0.29) is 22.0 Å². The molecule has 1 saturated carbocycles. The Morgan fingerprint density at radius 1 is 1.07 bits per heavy atom. The SMILES string of the molecule is CC(C)(C)C1(Oc2ccc3nc(C=O)cc(C(F)(F)F)c3c2)CCCCC1. The molecule has 1 aromatic carbocycles. The lowest BCUT2D eigenvalue weighted by atomic mass is 9.68. The minimum atomic E-state index is -4.58. The van der Waals surface area contributed by atoms with E-state index < -0.39 is 17.3 Å². The Kier molecular flexibility index (Phi) is 4.95. The predicted octanol–water partition coefficient (Wildman–Crippen LogP) is 6.19. The Hall–Kier alpha value is -2.11. The van der Waals surface area contributed by atoms with Gasteiger partial charge in [-0.1, -0.05) is 27.2 Å². The number of hydrogen-bond donors (Lipinski definition) is 0. The third kappa shape index (κ3) is 3.80. The summed E-state index contributed by atoms with van der Waals surface area (Å²) in [4.78, 5) is 15.0. The minimum Gasteiger partial charge on any atom is -0.487 e.